The van der Waals surface area contributed by atoms with Crippen LogP contribution in [0.1, 0.15) is 11.1 Å². The summed E-state index contributed by atoms with van der Waals surface area (Å²) in [4.78, 5) is 11.9. The van der Waals surface area contributed by atoms with E-state index < -0.39 is 6.36 Å². The van der Waals surface area contributed by atoms with E-state index in [0.29, 0.717) is 12.0 Å². The standard InChI is InChI=1S/C16H13F3O2/c17-16(18,19)21-15-8-6-13(7-9-15)11-14(20)10-12-4-2-1-3-5-12/h1-9H,10-11H2. The van der Waals surface area contributed by atoms with Gasteiger partial charge in [0.25, 0.3) is 0 Å². The Morgan fingerprint density at radius 1 is 0.857 bits per heavy atom. The van der Waals surface area contributed by atoms with Crippen molar-refractivity contribution in [3.05, 3.63) is 65.7 Å². The predicted octanol–water partition coefficient (Wildman–Crippen LogP) is 3.94. The number of ether oxygens (including phenoxy) is 1. The molecule has 0 amide bonds. The molecule has 0 aromatic heterocycles. The minimum atomic E-state index is -4.70. The lowest BCUT2D eigenvalue weighted by Crippen LogP contribution is -2.17. The van der Waals surface area contributed by atoms with Crippen LogP contribution in [0.15, 0.2) is 54.6 Å². The van der Waals surface area contributed by atoms with E-state index in [9.17, 15) is 18.0 Å². The highest BCUT2D eigenvalue weighted by atomic mass is 19.4. The number of carbonyl (C=O) groups is 1. The third-order valence-corrected chi connectivity index (χ3v) is 2.80. The molecule has 2 rings (SSSR count). The van der Waals surface area contributed by atoms with Gasteiger partial charge in [-0.2, -0.15) is 0 Å². The third kappa shape index (κ3) is 5.30. The van der Waals surface area contributed by atoms with Gasteiger partial charge in [-0.05, 0) is 23.3 Å². The number of rotatable bonds is 5. The summed E-state index contributed by atoms with van der Waals surface area (Å²) in [5, 5.41) is 0. The summed E-state index contributed by atoms with van der Waals surface area (Å²) in [5.74, 6) is -0.285. The minimum Gasteiger partial charge on any atom is -0.406 e. The molecule has 0 saturated heterocycles. The van der Waals surface area contributed by atoms with E-state index in [2.05, 4.69) is 4.74 Å². The molecule has 0 saturated carbocycles. The summed E-state index contributed by atoms with van der Waals surface area (Å²) in [5.41, 5.74) is 1.57. The van der Waals surface area contributed by atoms with Crippen molar-refractivity contribution in [2.75, 3.05) is 0 Å². The molecule has 2 aromatic carbocycles. The van der Waals surface area contributed by atoms with Crippen LogP contribution in [-0.2, 0) is 17.6 Å². The maximum atomic E-state index is 12.0. The van der Waals surface area contributed by atoms with Crippen molar-refractivity contribution in [3.63, 3.8) is 0 Å². The second kappa shape index (κ2) is 6.43. The molecule has 0 N–H and O–H groups in total. The highest BCUT2D eigenvalue weighted by Gasteiger charge is 2.30. The smallest absolute Gasteiger partial charge is 0.406 e. The Hall–Kier alpha value is -2.30. The quantitative estimate of drug-likeness (QED) is 0.835. The molecule has 2 aromatic rings. The molecule has 0 unspecified atom stereocenters. The topological polar surface area (TPSA) is 26.3 Å². The Labute approximate surface area is 120 Å². The van der Waals surface area contributed by atoms with Crippen LogP contribution in [0.5, 0.6) is 5.75 Å². The zero-order chi connectivity index (χ0) is 15.3. The molecular weight excluding hydrogens is 281 g/mol. The van der Waals surface area contributed by atoms with E-state index in [1.165, 1.54) is 24.3 Å². The molecule has 110 valence electrons. The Bertz CT molecular complexity index is 589. The molecule has 2 nitrogen and oxygen atoms in total. The van der Waals surface area contributed by atoms with Crippen molar-refractivity contribution in [1.29, 1.82) is 0 Å². The van der Waals surface area contributed by atoms with E-state index in [1.807, 2.05) is 30.3 Å². The van der Waals surface area contributed by atoms with Gasteiger partial charge in [0, 0.05) is 12.8 Å². The normalized spacial score (nSPS) is 11.2. The van der Waals surface area contributed by atoms with Gasteiger partial charge in [0.2, 0.25) is 0 Å². The first-order valence-corrected chi connectivity index (χ1v) is 6.33. The van der Waals surface area contributed by atoms with Gasteiger partial charge in [-0.3, -0.25) is 4.79 Å². The molecule has 0 aliphatic rings. The molecule has 0 heterocycles. The van der Waals surface area contributed by atoms with Gasteiger partial charge in [-0.15, -0.1) is 13.2 Å². The van der Waals surface area contributed by atoms with Gasteiger partial charge >= 0.3 is 6.36 Å². The summed E-state index contributed by atoms with van der Waals surface area (Å²) in [6, 6.07) is 14.6. The number of halogens is 3. The zero-order valence-electron chi connectivity index (χ0n) is 11.1. The third-order valence-electron chi connectivity index (χ3n) is 2.80. The van der Waals surface area contributed by atoms with Crippen molar-refractivity contribution in [1.82, 2.24) is 0 Å². The molecule has 0 aliphatic carbocycles. The van der Waals surface area contributed by atoms with Crippen LogP contribution in [0.4, 0.5) is 13.2 Å². The fourth-order valence-electron chi connectivity index (χ4n) is 1.92. The monoisotopic (exact) mass is 294 g/mol. The molecule has 0 bridgehead atoms. The number of benzene rings is 2. The van der Waals surface area contributed by atoms with Crippen molar-refractivity contribution >= 4 is 5.78 Å². The van der Waals surface area contributed by atoms with Crippen molar-refractivity contribution in [2.45, 2.75) is 19.2 Å². The fourth-order valence-corrected chi connectivity index (χ4v) is 1.92. The van der Waals surface area contributed by atoms with Gasteiger partial charge in [0.1, 0.15) is 11.5 Å². The molecule has 0 atom stereocenters. The number of hydrogen-bond acceptors (Lipinski definition) is 2. The Morgan fingerprint density at radius 3 is 1.90 bits per heavy atom. The largest absolute Gasteiger partial charge is 0.573 e. The Kier molecular flexibility index (Phi) is 4.62. The highest BCUT2D eigenvalue weighted by molar-refractivity contribution is 5.83. The van der Waals surface area contributed by atoms with Crippen LogP contribution in [0.25, 0.3) is 0 Å². The SMILES string of the molecule is O=C(Cc1ccccc1)Cc1ccc(OC(F)(F)F)cc1. The van der Waals surface area contributed by atoms with Crippen LogP contribution < -0.4 is 4.74 Å². The number of alkyl halides is 3. The van der Waals surface area contributed by atoms with E-state index in [0.717, 1.165) is 5.56 Å². The molecule has 0 spiro atoms. The van der Waals surface area contributed by atoms with E-state index in [-0.39, 0.29) is 18.0 Å². The maximum absolute atomic E-state index is 12.0. The number of hydrogen-bond donors (Lipinski definition) is 0. The summed E-state index contributed by atoms with van der Waals surface area (Å²) in [6.45, 7) is 0. The lowest BCUT2D eigenvalue weighted by Gasteiger charge is -2.09. The highest BCUT2D eigenvalue weighted by Crippen LogP contribution is 2.22. The fraction of sp³-hybridized carbons (Fsp3) is 0.188. The lowest BCUT2D eigenvalue weighted by molar-refractivity contribution is -0.274. The van der Waals surface area contributed by atoms with Crippen LogP contribution in [0.2, 0.25) is 0 Å². The average Bonchev–Trinajstić information content (AvgIpc) is 2.40. The van der Waals surface area contributed by atoms with Crippen molar-refractivity contribution < 1.29 is 22.7 Å². The van der Waals surface area contributed by atoms with Gasteiger partial charge < -0.3 is 4.74 Å². The second-order valence-electron chi connectivity index (χ2n) is 4.57. The summed E-state index contributed by atoms with van der Waals surface area (Å²) in [7, 11) is 0. The molecule has 21 heavy (non-hydrogen) atoms. The zero-order valence-corrected chi connectivity index (χ0v) is 11.1. The van der Waals surface area contributed by atoms with E-state index in [4.69, 9.17) is 0 Å². The second-order valence-corrected chi connectivity index (χ2v) is 4.57. The van der Waals surface area contributed by atoms with Gasteiger partial charge in [0.05, 0.1) is 0 Å². The number of ketones is 1. The molecule has 0 radical (unpaired) electrons. The first kappa shape index (κ1) is 15.1. The van der Waals surface area contributed by atoms with E-state index >= 15 is 0 Å². The van der Waals surface area contributed by atoms with E-state index in [1.54, 1.807) is 0 Å². The van der Waals surface area contributed by atoms with Gasteiger partial charge in [0.15, 0.2) is 0 Å². The average molecular weight is 294 g/mol. The number of carbonyl (C=O) groups excluding carboxylic acids is 1. The number of Topliss-reactive ketones (excluding diaryl/α,β-unsaturated/α-hetero) is 1. The molecule has 0 fully saturated rings. The molecule has 0 aliphatic heterocycles. The van der Waals surface area contributed by atoms with Crippen molar-refractivity contribution in [3.8, 4) is 5.75 Å². The summed E-state index contributed by atoms with van der Waals surface area (Å²) in [6.07, 6.45) is -4.21. The summed E-state index contributed by atoms with van der Waals surface area (Å²) < 4.78 is 39.8. The van der Waals surface area contributed by atoms with Gasteiger partial charge in [-0.25, -0.2) is 0 Å². The minimum absolute atomic E-state index is 0.00527. The van der Waals surface area contributed by atoms with Crippen LogP contribution in [0, 0.1) is 0 Å². The van der Waals surface area contributed by atoms with Crippen molar-refractivity contribution in [2.24, 2.45) is 0 Å². The summed E-state index contributed by atoms with van der Waals surface area (Å²) >= 11 is 0. The Balaban J connectivity index is 1.92. The van der Waals surface area contributed by atoms with Crippen LogP contribution in [0.3, 0.4) is 0 Å². The molecular formula is C16H13F3O2. The lowest BCUT2D eigenvalue weighted by atomic mass is 10.0. The first-order chi connectivity index (χ1) is 9.92. The van der Waals surface area contributed by atoms with Gasteiger partial charge in [-0.1, -0.05) is 42.5 Å². The van der Waals surface area contributed by atoms with Crippen LogP contribution in [-0.4, -0.2) is 12.1 Å². The van der Waals surface area contributed by atoms with Crippen LogP contribution >= 0.6 is 0 Å². The molecule has 5 heteroatoms. The maximum Gasteiger partial charge on any atom is 0.573 e. The first-order valence-electron chi connectivity index (χ1n) is 6.33. The Morgan fingerprint density at radius 2 is 1.38 bits per heavy atom. The predicted molar refractivity (Wildman–Crippen MR) is 72.0 cm³/mol.